The Labute approximate surface area is 183 Å². The molecular weight excluding hydrogens is 415 g/mol. The number of nitrogens with two attached hydrogens (primary N) is 1. The van der Waals surface area contributed by atoms with Gasteiger partial charge in [-0.25, -0.2) is 0 Å². The molecule has 2 bridgehead atoms. The van der Waals surface area contributed by atoms with Crippen LogP contribution >= 0.6 is 24.8 Å². The lowest BCUT2D eigenvalue weighted by Crippen LogP contribution is -2.42. The van der Waals surface area contributed by atoms with E-state index in [2.05, 4.69) is 15.5 Å². The third-order valence-electron chi connectivity index (χ3n) is 6.19. The maximum Gasteiger partial charge on any atom is 0.238 e. The summed E-state index contributed by atoms with van der Waals surface area (Å²) in [5.41, 5.74) is 7.72. The van der Waals surface area contributed by atoms with E-state index in [0.29, 0.717) is 31.6 Å². The number of amides is 2. The summed E-state index contributed by atoms with van der Waals surface area (Å²) in [6, 6.07) is 7.26. The topological polar surface area (TPSA) is 96.7 Å². The summed E-state index contributed by atoms with van der Waals surface area (Å²) in [6.45, 7) is 3.28. The van der Waals surface area contributed by atoms with Crippen LogP contribution < -0.4 is 16.4 Å². The van der Waals surface area contributed by atoms with Crippen molar-refractivity contribution < 1.29 is 14.3 Å². The highest BCUT2D eigenvalue weighted by Crippen LogP contribution is 2.47. The van der Waals surface area contributed by atoms with E-state index in [1.54, 1.807) is 0 Å². The van der Waals surface area contributed by atoms with Gasteiger partial charge in [-0.1, -0.05) is 0 Å². The van der Waals surface area contributed by atoms with Gasteiger partial charge in [0.2, 0.25) is 11.8 Å². The third-order valence-corrected chi connectivity index (χ3v) is 6.19. The average Bonchev–Trinajstić information content (AvgIpc) is 3.25. The molecule has 9 heteroatoms. The first-order valence-corrected chi connectivity index (χ1v) is 9.86. The van der Waals surface area contributed by atoms with Crippen LogP contribution in [0.4, 0.5) is 11.4 Å². The van der Waals surface area contributed by atoms with Crippen LogP contribution in [0.2, 0.25) is 0 Å². The minimum atomic E-state index is -0.0725. The van der Waals surface area contributed by atoms with Gasteiger partial charge in [-0.05, 0) is 55.4 Å². The van der Waals surface area contributed by atoms with Gasteiger partial charge in [0, 0.05) is 30.5 Å². The fourth-order valence-corrected chi connectivity index (χ4v) is 4.75. The van der Waals surface area contributed by atoms with E-state index < -0.39 is 0 Å². The molecule has 162 valence electrons. The standard InChI is InChI=1S/C20H28N4O3.2ClH/c21-19-14-2-1-13(11-14)18(19)20(26)23-16-5-3-15(4-6-16)22-17(25)12-24-7-9-27-10-8-24;;/h3-6,13-14,18-19H,1-2,7-12,21H2,(H,22,25)(H,23,26);2*1H. The van der Waals surface area contributed by atoms with Crippen molar-refractivity contribution in [2.45, 2.75) is 25.3 Å². The fraction of sp³-hybridized carbons (Fsp3) is 0.600. The van der Waals surface area contributed by atoms with Gasteiger partial charge in [-0.2, -0.15) is 0 Å². The number of fused-ring (bicyclic) bond motifs is 2. The Morgan fingerprint density at radius 3 is 2.17 bits per heavy atom. The molecular formula is C20H30Cl2N4O3. The Hall–Kier alpha value is -1.38. The lowest BCUT2D eigenvalue weighted by Gasteiger charge is -2.27. The summed E-state index contributed by atoms with van der Waals surface area (Å²) >= 11 is 0. The summed E-state index contributed by atoms with van der Waals surface area (Å²) < 4.78 is 5.29. The summed E-state index contributed by atoms with van der Waals surface area (Å²) in [5.74, 6) is 0.857. The smallest absolute Gasteiger partial charge is 0.238 e. The van der Waals surface area contributed by atoms with Crippen molar-refractivity contribution in [1.82, 2.24) is 4.90 Å². The molecule has 1 aromatic rings. The second-order valence-electron chi connectivity index (χ2n) is 7.94. The van der Waals surface area contributed by atoms with Crippen LogP contribution in [0.15, 0.2) is 24.3 Å². The predicted molar refractivity (Wildman–Crippen MR) is 118 cm³/mol. The SMILES string of the molecule is Cl.Cl.NC1C2CCC(C2)C1C(=O)Nc1ccc(NC(=O)CN2CCOCC2)cc1. The molecule has 1 heterocycles. The van der Waals surface area contributed by atoms with Crippen molar-refractivity contribution in [3.05, 3.63) is 24.3 Å². The van der Waals surface area contributed by atoms with E-state index in [-0.39, 0.29) is 48.6 Å². The first kappa shape index (κ1) is 23.9. The molecule has 0 radical (unpaired) electrons. The molecule has 4 atom stereocenters. The molecule has 3 aliphatic rings. The van der Waals surface area contributed by atoms with Crippen LogP contribution in [0.1, 0.15) is 19.3 Å². The highest BCUT2D eigenvalue weighted by Gasteiger charge is 2.49. The Morgan fingerprint density at radius 1 is 1.00 bits per heavy atom. The lowest BCUT2D eigenvalue weighted by molar-refractivity contribution is -0.122. The van der Waals surface area contributed by atoms with Crippen LogP contribution in [0.3, 0.4) is 0 Å². The van der Waals surface area contributed by atoms with Crippen molar-refractivity contribution in [3.8, 4) is 0 Å². The van der Waals surface area contributed by atoms with Crippen LogP contribution in [-0.4, -0.2) is 55.6 Å². The van der Waals surface area contributed by atoms with Gasteiger partial charge >= 0.3 is 0 Å². The number of morpholine rings is 1. The molecule has 7 nitrogen and oxygen atoms in total. The minimum absolute atomic E-state index is 0. The van der Waals surface area contributed by atoms with E-state index in [1.165, 1.54) is 0 Å². The van der Waals surface area contributed by atoms with Gasteiger partial charge in [-0.15, -0.1) is 24.8 Å². The van der Waals surface area contributed by atoms with Crippen LogP contribution in [0, 0.1) is 17.8 Å². The average molecular weight is 445 g/mol. The molecule has 1 aromatic carbocycles. The zero-order chi connectivity index (χ0) is 18.8. The van der Waals surface area contributed by atoms with E-state index in [1.807, 2.05) is 24.3 Å². The molecule has 2 aliphatic carbocycles. The fourth-order valence-electron chi connectivity index (χ4n) is 4.75. The minimum Gasteiger partial charge on any atom is -0.379 e. The Morgan fingerprint density at radius 2 is 1.59 bits per heavy atom. The van der Waals surface area contributed by atoms with Gasteiger partial charge in [0.1, 0.15) is 0 Å². The predicted octanol–water partition coefficient (Wildman–Crippen LogP) is 2.11. The Kier molecular flexibility index (Phi) is 8.73. The van der Waals surface area contributed by atoms with Gasteiger partial charge in [0.15, 0.2) is 0 Å². The number of anilines is 2. The maximum absolute atomic E-state index is 12.6. The van der Waals surface area contributed by atoms with Crippen LogP contribution in [-0.2, 0) is 14.3 Å². The molecule has 4 unspecified atom stereocenters. The number of carbonyl (C=O) groups is 2. The molecule has 29 heavy (non-hydrogen) atoms. The zero-order valence-electron chi connectivity index (χ0n) is 16.3. The number of ether oxygens (including phenoxy) is 1. The number of nitrogens with zero attached hydrogens (tertiary/aromatic N) is 1. The van der Waals surface area contributed by atoms with Crippen molar-refractivity contribution >= 4 is 48.0 Å². The summed E-state index contributed by atoms with van der Waals surface area (Å²) in [6.07, 6.45) is 3.37. The second-order valence-corrected chi connectivity index (χ2v) is 7.94. The highest BCUT2D eigenvalue weighted by atomic mass is 35.5. The molecule has 0 aromatic heterocycles. The van der Waals surface area contributed by atoms with E-state index >= 15 is 0 Å². The molecule has 0 spiro atoms. The lowest BCUT2D eigenvalue weighted by atomic mass is 9.84. The van der Waals surface area contributed by atoms with Crippen LogP contribution in [0.5, 0.6) is 0 Å². The molecule has 4 rings (SSSR count). The van der Waals surface area contributed by atoms with Crippen molar-refractivity contribution in [2.75, 3.05) is 43.5 Å². The zero-order valence-corrected chi connectivity index (χ0v) is 18.0. The number of nitrogens with one attached hydrogen (secondary N) is 2. The number of rotatable bonds is 5. The quantitative estimate of drug-likeness (QED) is 0.645. The number of hydrogen-bond donors (Lipinski definition) is 3. The van der Waals surface area contributed by atoms with Crippen molar-refractivity contribution in [1.29, 1.82) is 0 Å². The van der Waals surface area contributed by atoms with Gasteiger partial charge < -0.3 is 21.1 Å². The second kappa shape index (κ2) is 10.6. The molecule has 1 aliphatic heterocycles. The summed E-state index contributed by atoms with van der Waals surface area (Å²) in [5, 5.41) is 5.89. The van der Waals surface area contributed by atoms with Gasteiger partial charge in [0.05, 0.1) is 25.7 Å². The summed E-state index contributed by atoms with van der Waals surface area (Å²) in [4.78, 5) is 26.8. The van der Waals surface area contributed by atoms with Gasteiger partial charge in [-0.3, -0.25) is 14.5 Å². The largest absolute Gasteiger partial charge is 0.379 e. The van der Waals surface area contributed by atoms with Crippen molar-refractivity contribution in [3.63, 3.8) is 0 Å². The maximum atomic E-state index is 12.6. The Bertz CT molecular complexity index is 695. The monoisotopic (exact) mass is 444 g/mol. The molecule has 1 saturated heterocycles. The van der Waals surface area contributed by atoms with Crippen LogP contribution in [0.25, 0.3) is 0 Å². The van der Waals surface area contributed by atoms with E-state index in [4.69, 9.17) is 10.5 Å². The Balaban J connectivity index is 0.00000150. The molecule has 2 amide bonds. The summed E-state index contributed by atoms with van der Waals surface area (Å²) in [7, 11) is 0. The number of hydrogen-bond acceptors (Lipinski definition) is 5. The van der Waals surface area contributed by atoms with E-state index in [0.717, 1.165) is 43.7 Å². The van der Waals surface area contributed by atoms with Gasteiger partial charge in [0.25, 0.3) is 0 Å². The molecule has 3 fully saturated rings. The number of carbonyl (C=O) groups excluding carboxylic acids is 2. The van der Waals surface area contributed by atoms with Crippen molar-refractivity contribution in [2.24, 2.45) is 23.5 Å². The third kappa shape index (κ3) is 5.61. The van der Waals surface area contributed by atoms with E-state index in [9.17, 15) is 9.59 Å². The first-order valence-electron chi connectivity index (χ1n) is 9.86. The normalized spacial score (nSPS) is 28.2. The number of halogens is 2. The first-order chi connectivity index (χ1) is 13.1. The highest BCUT2D eigenvalue weighted by molar-refractivity contribution is 5.95. The molecule has 2 saturated carbocycles. The number of benzene rings is 1. The molecule has 4 N–H and O–H groups in total.